The van der Waals surface area contributed by atoms with Gasteiger partial charge in [-0.1, -0.05) is 104 Å². The number of fused-ring (bicyclic) bond motifs is 15. The van der Waals surface area contributed by atoms with Crippen LogP contribution in [0.4, 0.5) is 9.59 Å². The van der Waals surface area contributed by atoms with E-state index in [-0.39, 0.29) is 124 Å². The average Bonchev–Trinajstić information content (AvgIpc) is 1.19. The molecule has 0 amide bonds. The molecule has 14 aliphatic rings. The number of hydrogen-bond acceptors (Lipinski definition) is 23. The summed E-state index contributed by atoms with van der Waals surface area (Å²) in [6, 6.07) is 0. The molecule has 2 spiro atoms. The normalized spacial score (nSPS) is 51.7. The van der Waals surface area contributed by atoms with Crippen molar-refractivity contribution in [2.75, 3.05) is 38.5 Å². The SMILES string of the molecule is [3H]CSO[C@H]1C[C@@]2(O)[C@@H](O)[C@@H]3[C@]4(O)CO[C@@H]4C[C@H](C)[C@@]3(C)C(=O)[C@H](C)C(=C1C)C2(C)C.[3H]CSO[C@H]1C[C@@]23OC(=O)O[C@H]2[C@@H]2[C@]4(O)CO[C@@H]4C[C@H](C)[C@@]2(C)C(=O)[C@H](C)C(=C1C)C3(C)C.[3H]CSO[C@H]1C[C@@]23OC(=O)O[C@H]2[C@@H]2[C@]4(O)CO[C@@H]4C[C@H](C)[C@@]2(C)C(=O)[C@H](C)C(=C1C)C3(C)C.[Ac]. The van der Waals surface area contributed by atoms with E-state index in [1.54, 1.807) is 0 Å². The van der Waals surface area contributed by atoms with Crippen molar-refractivity contribution in [3.05, 3.63) is 33.4 Å². The molecule has 95 heavy (non-hydrogen) atoms. The van der Waals surface area contributed by atoms with E-state index in [9.17, 15) is 49.5 Å². The number of Topliss-reactive ketones (excluding diaryl/α,β-unsaturated/α-hetero) is 3. The zero-order valence-corrected chi connectivity index (χ0v) is 65.7. The smallest absolute Gasteiger partial charge is 0.426 e. The minimum atomic E-state index is -1.62. The molecule has 5 aliphatic heterocycles. The molecule has 1 radical (unpaired) electrons. The summed E-state index contributed by atoms with van der Waals surface area (Å²) in [5.74, 6) is -3.80. The fourth-order valence-electron chi connectivity index (χ4n) is 23.3. The number of aliphatic hydroxyl groups is 5. The van der Waals surface area contributed by atoms with Crippen LogP contribution in [-0.4, -0.2) is 182 Å². The Morgan fingerprint density at radius 3 is 1.06 bits per heavy atom. The monoisotopic (exact) mass is 1610 g/mol. The number of hydrogen-bond donors (Lipinski definition) is 5. The molecule has 27 atom stereocenters. The van der Waals surface area contributed by atoms with E-state index in [1.165, 1.54) is 0 Å². The first-order valence-corrected chi connectivity index (χ1v) is 36.4. The summed E-state index contributed by atoms with van der Waals surface area (Å²) in [5.41, 5.74) is -7.62. The van der Waals surface area contributed by atoms with Gasteiger partial charge >= 0.3 is 12.3 Å². The predicted octanol–water partition coefficient (Wildman–Crippen LogP) is 9.86. The second-order valence-corrected chi connectivity index (χ2v) is 34.4. The van der Waals surface area contributed by atoms with Gasteiger partial charge in [0.2, 0.25) is 0 Å². The summed E-state index contributed by atoms with van der Waals surface area (Å²) in [6.45, 7) is 35.4. The van der Waals surface area contributed by atoms with Gasteiger partial charge in [-0.3, -0.25) is 14.4 Å². The molecule has 11 fully saturated rings. The van der Waals surface area contributed by atoms with E-state index in [1.807, 2.05) is 125 Å². The van der Waals surface area contributed by atoms with Gasteiger partial charge in [-0.05, 0) is 127 Å². The van der Waals surface area contributed by atoms with E-state index in [4.69, 9.17) is 49.8 Å². The van der Waals surface area contributed by atoms with E-state index >= 15 is 0 Å². The Morgan fingerprint density at radius 1 is 0.463 bits per heavy atom. The zero-order valence-electron chi connectivity index (χ0n) is 61.5. The number of carbonyl (C=O) groups excluding carboxylic acids is 5. The van der Waals surface area contributed by atoms with Crippen LogP contribution in [-0.2, 0) is 60.1 Å². The Bertz CT molecular complexity index is 3230. The Labute approximate surface area is 613 Å². The molecule has 5 heterocycles. The van der Waals surface area contributed by atoms with E-state index in [0.29, 0.717) is 32.1 Å². The van der Waals surface area contributed by atoms with Gasteiger partial charge in [-0.25, -0.2) is 9.59 Å². The molecule has 20 nitrogen and oxygen atoms in total. The Hall–Kier alpha value is -1.18. The predicted molar refractivity (Wildman–Crippen MR) is 350 cm³/mol. The van der Waals surface area contributed by atoms with Gasteiger partial charge in [0.1, 0.15) is 39.8 Å². The van der Waals surface area contributed by atoms with Crippen molar-refractivity contribution in [3.8, 4) is 0 Å². The van der Waals surface area contributed by atoms with E-state index < -0.39 is 169 Å². The third-order valence-corrected chi connectivity index (χ3v) is 30.0. The van der Waals surface area contributed by atoms with Crippen LogP contribution in [0.5, 0.6) is 0 Å². The van der Waals surface area contributed by atoms with Crippen molar-refractivity contribution in [1.29, 1.82) is 0 Å². The molecule has 9 aliphatic carbocycles. The summed E-state index contributed by atoms with van der Waals surface area (Å²) >= 11 is 3.06. The zero-order chi connectivity index (χ0) is 71.4. The van der Waals surface area contributed by atoms with Gasteiger partial charge in [0.25, 0.3) is 0 Å². The van der Waals surface area contributed by atoms with Crippen molar-refractivity contribution < 1.29 is 143 Å². The quantitative estimate of drug-likeness (QED) is 0.0939. The molecule has 5 saturated heterocycles. The first-order valence-electron chi connectivity index (χ1n) is 35.8. The molecule has 5 N–H and O–H groups in total. The van der Waals surface area contributed by atoms with Crippen LogP contribution in [0.3, 0.4) is 0 Å². The summed E-state index contributed by atoms with van der Waals surface area (Å²) in [4.78, 5) is 68.5. The van der Waals surface area contributed by atoms with Crippen LogP contribution in [0.15, 0.2) is 33.4 Å². The maximum atomic E-state index is 14.4. The molecular formula is C71H104AcO20S3. The fourth-order valence-corrected chi connectivity index (χ4v) is 24.4. The van der Waals surface area contributed by atoms with Gasteiger partial charge in [0.05, 0.1) is 62.5 Å². The van der Waals surface area contributed by atoms with Gasteiger partial charge in [0, 0.05) is 154 Å². The van der Waals surface area contributed by atoms with Crippen molar-refractivity contribution in [2.45, 2.75) is 252 Å². The average molecular weight is 1610 g/mol. The summed E-state index contributed by atoms with van der Waals surface area (Å²) in [7, 11) is 0. The van der Waals surface area contributed by atoms with Crippen LogP contribution in [0, 0.1) is 130 Å². The maximum absolute atomic E-state index is 14.4. The molecular weight excluding hydrogens is 1500 g/mol. The van der Waals surface area contributed by atoms with Crippen molar-refractivity contribution in [3.63, 3.8) is 0 Å². The Balaban J connectivity index is 0.000000148. The topological polar surface area (TPSA) is 279 Å². The van der Waals surface area contributed by atoms with Gasteiger partial charge in [-0.15, -0.1) is 0 Å². The second kappa shape index (κ2) is 24.2. The first kappa shape index (κ1) is 70.8. The molecule has 529 valence electrons. The van der Waals surface area contributed by atoms with Crippen LogP contribution in [0.2, 0.25) is 0 Å². The molecule has 6 bridgehead atoms. The number of aliphatic hydroxyl groups excluding tert-OH is 1. The van der Waals surface area contributed by atoms with Crippen LogP contribution in [0.25, 0.3) is 0 Å². The van der Waals surface area contributed by atoms with Crippen LogP contribution < -0.4 is 0 Å². The first-order chi connectivity index (χ1) is 45.0. The van der Waals surface area contributed by atoms with Crippen molar-refractivity contribution >= 4 is 65.8 Å². The molecule has 0 unspecified atom stereocenters. The standard InChI is InChI=1S/2C24H34O7S.C23H36O6S.Ac/c2*1-11-8-15-23(27,10-28-15)17-19-24(30-20(26)29-19)9-14(31-32-7)12(2)16(21(24,4)5)13(3)18(25)22(11,17)6;1-11-8-15-22(26,10-28-15)17-19(25)23(27)9-14(29-30-7)12(2)16(20(23,4)5)13(3)18(24)21(11,17)6;/h2*11,13-15,17,19,27H,8-10H2,1-7H3;11,13-15,17,19,25-27H,8-10H2,1-7H3;/t2*11-,13+,14-,15+,17-,19-,22+,23-,24+;11-,13+,14-,15+,17-,19-,21+,22-,23+;/m000./s1/i3*7T;. The van der Waals surface area contributed by atoms with Gasteiger partial charge < -0.3 is 71.2 Å². The number of rotatable bonds is 6. The molecule has 24 heteroatoms. The van der Waals surface area contributed by atoms with Crippen molar-refractivity contribution in [1.82, 2.24) is 0 Å². The number of ketones is 3. The van der Waals surface area contributed by atoms with Gasteiger partial charge in [-0.2, -0.15) is 0 Å². The molecule has 0 aromatic heterocycles. The summed E-state index contributed by atoms with van der Waals surface area (Å²) < 4.78 is 81.5. The second-order valence-electron chi connectivity index (χ2n) is 33.1. The van der Waals surface area contributed by atoms with Crippen LogP contribution in [0.1, 0.15) is 167 Å². The summed E-state index contributed by atoms with van der Waals surface area (Å²) in [6.07, 6.45) is -4.68. The molecule has 0 aromatic carbocycles. The van der Waals surface area contributed by atoms with Gasteiger partial charge in [0.15, 0.2) is 23.4 Å². The number of carbonyl (C=O) groups is 5. The maximum Gasteiger partial charge on any atom is 0.509 e. The Morgan fingerprint density at radius 2 is 0.758 bits per heavy atom. The largest absolute Gasteiger partial charge is 0.509 e. The minimum absolute atomic E-state index is 0. The van der Waals surface area contributed by atoms with E-state index in [2.05, 4.69) is 0 Å². The molecule has 14 rings (SSSR count). The molecule has 0 aromatic rings. The fraction of sp³-hybridized carbons (Fsp3) is 0.845. The van der Waals surface area contributed by atoms with E-state index in [0.717, 1.165) is 69.6 Å². The third-order valence-electron chi connectivity index (χ3n) is 28.9. The van der Waals surface area contributed by atoms with Crippen molar-refractivity contribution in [2.24, 2.45) is 85.8 Å². The third kappa shape index (κ3) is 9.50. The Kier molecular flexibility index (Phi) is 18.0. The summed E-state index contributed by atoms with van der Waals surface area (Å²) in [5, 5.41) is 59.5. The molecule has 6 saturated carbocycles. The minimum Gasteiger partial charge on any atom is -0.426 e. The number of ether oxygens (including phenoxy) is 7. The van der Waals surface area contributed by atoms with Crippen LogP contribution >= 0.6 is 36.1 Å².